The first-order chi connectivity index (χ1) is 13.3. The van der Waals surface area contributed by atoms with Crippen LogP contribution in [0.15, 0.2) is 53.4 Å². The van der Waals surface area contributed by atoms with Crippen LogP contribution in [0.4, 0.5) is 0 Å². The van der Waals surface area contributed by atoms with Crippen molar-refractivity contribution < 1.29 is 13.2 Å². The van der Waals surface area contributed by atoms with Crippen molar-refractivity contribution >= 4 is 27.5 Å². The van der Waals surface area contributed by atoms with E-state index in [1.807, 2.05) is 6.07 Å². The summed E-state index contributed by atoms with van der Waals surface area (Å²) in [6.45, 7) is 0.0884. The molecule has 0 spiro atoms. The number of halogens is 1. The fourth-order valence-electron chi connectivity index (χ4n) is 3.60. The molecule has 1 aliphatic carbocycles. The lowest BCUT2D eigenvalue weighted by atomic mass is 10.0. The van der Waals surface area contributed by atoms with Gasteiger partial charge in [-0.05, 0) is 54.8 Å². The Morgan fingerprint density at radius 3 is 2.36 bits per heavy atom. The van der Waals surface area contributed by atoms with Crippen LogP contribution in [-0.4, -0.2) is 24.7 Å². The van der Waals surface area contributed by atoms with Crippen molar-refractivity contribution in [2.24, 2.45) is 11.7 Å². The van der Waals surface area contributed by atoms with Gasteiger partial charge in [0.15, 0.2) is 0 Å². The fraction of sp³-hybridized carbons (Fsp3) is 0.300. The average Bonchev–Trinajstić information content (AvgIpc) is 3.16. The van der Waals surface area contributed by atoms with Crippen molar-refractivity contribution in [1.82, 2.24) is 4.31 Å². The molecule has 0 heterocycles. The first-order valence-electron chi connectivity index (χ1n) is 8.88. The van der Waals surface area contributed by atoms with E-state index in [1.54, 1.807) is 24.3 Å². The highest BCUT2D eigenvalue weighted by molar-refractivity contribution is 7.89. The van der Waals surface area contributed by atoms with Gasteiger partial charge in [0.05, 0.1) is 22.4 Å². The molecule has 146 valence electrons. The van der Waals surface area contributed by atoms with E-state index in [0.717, 1.165) is 12.0 Å². The number of carbonyl (C=O) groups excluding carboxylic acids is 1. The zero-order chi connectivity index (χ0) is 20.3. The summed E-state index contributed by atoms with van der Waals surface area (Å²) in [7, 11) is -3.88. The predicted molar refractivity (Wildman–Crippen MR) is 106 cm³/mol. The van der Waals surface area contributed by atoms with E-state index in [2.05, 4.69) is 0 Å². The fourth-order valence-corrected chi connectivity index (χ4v) is 5.41. The number of hydrogen-bond acceptors (Lipinski definition) is 4. The molecule has 0 aliphatic heterocycles. The Hall–Kier alpha value is -2.40. The maximum absolute atomic E-state index is 13.4. The normalized spacial score (nSPS) is 19.5. The summed E-state index contributed by atoms with van der Waals surface area (Å²) in [6.07, 6.45) is 1.87. The third-order valence-electron chi connectivity index (χ3n) is 5.06. The highest BCUT2D eigenvalue weighted by Gasteiger charge is 2.41. The quantitative estimate of drug-likeness (QED) is 0.779. The van der Waals surface area contributed by atoms with Crippen LogP contribution in [0.1, 0.15) is 30.4 Å². The Balaban J connectivity index is 2.01. The van der Waals surface area contributed by atoms with E-state index in [-0.39, 0.29) is 11.4 Å². The van der Waals surface area contributed by atoms with E-state index in [0.29, 0.717) is 23.4 Å². The molecule has 0 radical (unpaired) electrons. The molecule has 2 aromatic carbocycles. The van der Waals surface area contributed by atoms with Gasteiger partial charge in [0, 0.05) is 17.6 Å². The van der Waals surface area contributed by atoms with Gasteiger partial charge in [0.25, 0.3) is 0 Å². The van der Waals surface area contributed by atoms with Gasteiger partial charge in [-0.3, -0.25) is 4.79 Å². The van der Waals surface area contributed by atoms with Crippen LogP contribution in [0.5, 0.6) is 0 Å². The molecule has 0 aromatic heterocycles. The van der Waals surface area contributed by atoms with E-state index in [1.165, 1.54) is 28.6 Å². The average molecular weight is 418 g/mol. The van der Waals surface area contributed by atoms with Crippen molar-refractivity contribution in [2.75, 3.05) is 0 Å². The van der Waals surface area contributed by atoms with Gasteiger partial charge in [-0.15, -0.1) is 0 Å². The Labute approximate surface area is 169 Å². The van der Waals surface area contributed by atoms with Crippen molar-refractivity contribution in [3.8, 4) is 6.07 Å². The van der Waals surface area contributed by atoms with Gasteiger partial charge >= 0.3 is 0 Å². The smallest absolute Gasteiger partial charge is 0.243 e. The first-order valence-corrected chi connectivity index (χ1v) is 10.7. The third kappa shape index (κ3) is 4.20. The summed E-state index contributed by atoms with van der Waals surface area (Å²) in [5.41, 5.74) is 6.77. The number of nitrogens with zero attached hydrogens (tertiary/aromatic N) is 2. The highest BCUT2D eigenvalue weighted by atomic mass is 35.5. The van der Waals surface area contributed by atoms with Crippen LogP contribution in [-0.2, 0) is 21.4 Å². The molecule has 1 aliphatic rings. The monoisotopic (exact) mass is 417 g/mol. The number of primary amides is 1. The zero-order valence-electron chi connectivity index (χ0n) is 15.1. The van der Waals surface area contributed by atoms with Crippen molar-refractivity contribution in [3.63, 3.8) is 0 Å². The molecule has 2 N–H and O–H groups in total. The van der Waals surface area contributed by atoms with Crippen LogP contribution in [0.25, 0.3) is 0 Å². The van der Waals surface area contributed by atoms with E-state index in [9.17, 15) is 13.2 Å². The summed E-state index contributed by atoms with van der Waals surface area (Å²) in [4.78, 5) is 12.0. The molecule has 0 bridgehead atoms. The minimum atomic E-state index is -3.88. The van der Waals surface area contributed by atoms with Gasteiger partial charge in [-0.1, -0.05) is 30.2 Å². The standard InChI is InChI=1S/C20H20ClN3O3S/c21-16-8-10-17(11-9-16)28(26,27)24(19-3-1-2-18(19)20(23)25)13-15-6-4-14(12-22)5-7-15/h4-11,18-19H,1-3,13H2,(H2,23,25)/t18-,19+/m1/s1. The van der Waals surface area contributed by atoms with E-state index in [4.69, 9.17) is 22.6 Å². The van der Waals surface area contributed by atoms with E-state index < -0.39 is 27.9 Å². The molecule has 1 saturated carbocycles. The summed E-state index contributed by atoms with van der Waals surface area (Å²) in [6, 6.07) is 14.2. The zero-order valence-corrected chi connectivity index (χ0v) is 16.7. The van der Waals surface area contributed by atoms with Gasteiger partial charge in [-0.2, -0.15) is 9.57 Å². The highest BCUT2D eigenvalue weighted by Crippen LogP contribution is 2.34. The molecule has 2 atom stereocenters. The number of nitrogens with two attached hydrogens (primary N) is 1. The topological polar surface area (TPSA) is 104 Å². The minimum absolute atomic E-state index is 0.0884. The van der Waals surface area contributed by atoms with Gasteiger partial charge < -0.3 is 5.73 Å². The Morgan fingerprint density at radius 2 is 1.79 bits per heavy atom. The Morgan fingerprint density at radius 1 is 1.14 bits per heavy atom. The number of rotatable bonds is 6. The number of nitriles is 1. The lowest BCUT2D eigenvalue weighted by Gasteiger charge is -2.31. The molecule has 0 unspecified atom stereocenters. The molecule has 1 fully saturated rings. The number of carbonyl (C=O) groups is 1. The van der Waals surface area contributed by atoms with Crippen LogP contribution >= 0.6 is 11.6 Å². The lowest BCUT2D eigenvalue weighted by Crippen LogP contribution is -2.45. The molecule has 3 rings (SSSR count). The van der Waals surface area contributed by atoms with Crippen LogP contribution < -0.4 is 5.73 Å². The second-order valence-electron chi connectivity index (χ2n) is 6.82. The molecule has 1 amide bonds. The van der Waals surface area contributed by atoms with Crippen LogP contribution in [0.2, 0.25) is 5.02 Å². The van der Waals surface area contributed by atoms with Crippen molar-refractivity contribution in [2.45, 2.75) is 36.7 Å². The van der Waals surface area contributed by atoms with Gasteiger partial charge in [0.1, 0.15) is 0 Å². The van der Waals surface area contributed by atoms with Gasteiger partial charge in [-0.25, -0.2) is 8.42 Å². The first kappa shape index (κ1) is 20.3. The van der Waals surface area contributed by atoms with Crippen molar-refractivity contribution in [1.29, 1.82) is 5.26 Å². The van der Waals surface area contributed by atoms with E-state index >= 15 is 0 Å². The maximum Gasteiger partial charge on any atom is 0.243 e. The van der Waals surface area contributed by atoms with Crippen LogP contribution in [0.3, 0.4) is 0 Å². The van der Waals surface area contributed by atoms with Crippen LogP contribution in [0, 0.1) is 17.2 Å². The second kappa shape index (κ2) is 8.31. The summed E-state index contributed by atoms with van der Waals surface area (Å²) >= 11 is 5.90. The summed E-state index contributed by atoms with van der Waals surface area (Å²) < 4.78 is 28.2. The molecule has 28 heavy (non-hydrogen) atoms. The second-order valence-corrected chi connectivity index (χ2v) is 9.15. The molecule has 8 heteroatoms. The summed E-state index contributed by atoms with van der Waals surface area (Å²) in [5.74, 6) is -1.01. The Kier molecular flexibility index (Phi) is 6.04. The molecule has 0 saturated heterocycles. The lowest BCUT2D eigenvalue weighted by molar-refractivity contribution is -0.122. The summed E-state index contributed by atoms with van der Waals surface area (Å²) in [5, 5.41) is 9.40. The Bertz CT molecular complexity index is 998. The SMILES string of the molecule is N#Cc1ccc(CN([C@H]2CCC[C@H]2C(N)=O)S(=O)(=O)c2ccc(Cl)cc2)cc1. The molecule has 2 aromatic rings. The minimum Gasteiger partial charge on any atom is -0.369 e. The van der Waals surface area contributed by atoms with Gasteiger partial charge in [0.2, 0.25) is 15.9 Å². The predicted octanol–water partition coefficient (Wildman–Crippen LogP) is 3.06. The molecular weight excluding hydrogens is 398 g/mol. The maximum atomic E-state index is 13.4. The molecular formula is C20H20ClN3O3S. The molecule has 6 nitrogen and oxygen atoms in total. The largest absolute Gasteiger partial charge is 0.369 e. The number of benzene rings is 2. The number of sulfonamides is 1. The number of amides is 1. The number of hydrogen-bond donors (Lipinski definition) is 1. The third-order valence-corrected chi connectivity index (χ3v) is 7.19. The van der Waals surface area contributed by atoms with Crippen molar-refractivity contribution in [3.05, 3.63) is 64.7 Å².